The van der Waals surface area contributed by atoms with Crippen LogP contribution in [0.2, 0.25) is 5.02 Å². The van der Waals surface area contributed by atoms with Crippen LogP contribution in [0.15, 0.2) is 28.9 Å². The highest BCUT2D eigenvalue weighted by atomic mass is 79.9. The van der Waals surface area contributed by atoms with E-state index < -0.39 is 0 Å². The van der Waals surface area contributed by atoms with E-state index in [-0.39, 0.29) is 0 Å². The van der Waals surface area contributed by atoms with Crippen LogP contribution in [0.3, 0.4) is 0 Å². The summed E-state index contributed by atoms with van der Waals surface area (Å²) in [5.74, 6) is 1.21. The number of hydrogen-bond acceptors (Lipinski definition) is 4. The zero-order valence-electron chi connectivity index (χ0n) is 9.96. The molecule has 0 aliphatic heterocycles. The van der Waals surface area contributed by atoms with Gasteiger partial charge in [0.15, 0.2) is 0 Å². The van der Waals surface area contributed by atoms with Crippen molar-refractivity contribution in [1.29, 1.82) is 0 Å². The fourth-order valence-corrected chi connectivity index (χ4v) is 2.00. The molecule has 1 aromatic carbocycles. The molecule has 0 unspecified atom stereocenters. The molecule has 0 radical (unpaired) electrons. The zero-order chi connectivity index (χ0) is 13.1. The number of nitrogens with zero attached hydrogens (tertiary/aromatic N) is 2. The van der Waals surface area contributed by atoms with Gasteiger partial charge in [-0.3, -0.25) is 0 Å². The van der Waals surface area contributed by atoms with Crippen molar-refractivity contribution >= 4 is 45.0 Å². The number of rotatable bonds is 3. The first-order valence-corrected chi connectivity index (χ1v) is 6.50. The summed E-state index contributed by atoms with van der Waals surface area (Å²) in [7, 11) is 1.77. The van der Waals surface area contributed by atoms with Crippen LogP contribution in [-0.4, -0.2) is 17.0 Å². The maximum atomic E-state index is 6.17. The van der Waals surface area contributed by atoms with E-state index in [0.717, 1.165) is 15.7 Å². The Balaban J connectivity index is 2.33. The zero-order valence-corrected chi connectivity index (χ0v) is 12.3. The van der Waals surface area contributed by atoms with E-state index in [4.69, 9.17) is 11.6 Å². The second kappa shape index (κ2) is 5.54. The maximum Gasteiger partial charge on any atom is 0.224 e. The Morgan fingerprint density at radius 3 is 2.78 bits per heavy atom. The van der Waals surface area contributed by atoms with E-state index >= 15 is 0 Å². The van der Waals surface area contributed by atoms with Gasteiger partial charge in [0.1, 0.15) is 5.82 Å². The Hall–Kier alpha value is -1.33. The molecule has 0 aliphatic carbocycles. The van der Waals surface area contributed by atoms with Gasteiger partial charge in [0.2, 0.25) is 5.95 Å². The van der Waals surface area contributed by atoms with Crippen LogP contribution in [-0.2, 0) is 0 Å². The van der Waals surface area contributed by atoms with Gasteiger partial charge in [0.25, 0.3) is 0 Å². The molecular formula is C12H12BrClN4. The lowest BCUT2D eigenvalue weighted by Crippen LogP contribution is -2.01. The number of aryl methyl sites for hydroxylation is 1. The fourth-order valence-electron chi connectivity index (χ4n) is 1.42. The first-order chi connectivity index (χ1) is 8.60. The molecule has 2 N–H and O–H groups in total. The standard InChI is InChI=1S/C12H12BrClN4/c1-7-3-4-10(9(14)5-7)17-11-8(13)6-16-12(15-2)18-11/h3-6H,1-2H3,(H2,15,16,17,18). The third kappa shape index (κ3) is 2.91. The van der Waals surface area contributed by atoms with E-state index in [0.29, 0.717) is 16.8 Å². The van der Waals surface area contributed by atoms with Gasteiger partial charge in [-0.05, 0) is 40.5 Å². The summed E-state index contributed by atoms with van der Waals surface area (Å²) in [6.07, 6.45) is 1.68. The molecule has 0 bridgehead atoms. The van der Waals surface area contributed by atoms with Crippen molar-refractivity contribution < 1.29 is 0 Å². The molecule has 6 heteroatoms. The van der Waals surface area contributed by atoms with Gasteiger partial charge < -0.3 is 10.6 Å². The van der Waals surface area contributed by atoms with E-state index in [1.807, 2.05) is 25.1 Å². The van der Waals surface area contributed by atoms with Crippen LogP contribution < -0.4 is 10.6 Å². The second-order valence-corrected chi connectivity index (χ2v) is 5.01. The quantitative estimate of drug-likeness (QED) is 0.895. The van der Waals surface area contributed by atoms with Crippen LogP contribution >= 0.6 is 27.5 Å². The summed E-state index contributed by atoms with van der Waals surface area (Å²) < 4.78 is 0.776. The summed E-state index contributed by atoms with van der Waals surface area (Å²) >= 11 is 9.57. The maximum absolute atomic E-state index is 6.17. The first-order valence-electron chi connectivity index (χ1n) is 5.33. The van der Waals surface area contributed by atoms with Gasteiger partial charge >= 0.3 is 0 Å². The summed E-state index contributed by atoms with van der Waals surface area (Å²) in [5, 5.41) is 6.72. The highest BCUT2D eigenvalue weighted by molar-refractivity contribution is 9.10. The molecule has 2 rings (SSSR count). The van der Waals surface area contributed by atoms with Crippen molar-refractivity contribution in [2.75, 3.05) is 17.7 Å². The largest absolute Gasteiger partial charge is 0.357 e. The summed E-state index contributed by atoms with van der Waals surface area (Å²) in [5.41, 5.74) is 1.92. The SMILES string of the molecule is CNc1ncc(Br)c(Nc2ccc(C)cc2Cl)n1. The molecule has 0 aliphatic rings. The lowest BCUT2D eigenvalue weighted by Gasteiger charge is -2.10. The van der Waals surface area contributed by atoms with Crippen molar-refractivity contribution in [3.63, 3.8) is 0 Å². The van der Waals surface area contributed by atoms with E-state index in [9.17, 15) is 0 Å². The Morgan fingerprint density at radius 2 is 2.11 bits per heavy atom. The molecule has 0 saturated heterocycles. The lowest BCUT2D eigenvalue weighted by atomic mass is 10.2. The number of halogens is 2. The number of aromatic nitrogens is 2. The third-order valence-corrected chi connectivity index (χ3v) is 3.24. The number of benzene rings is 1. The lowest BCUT2D eigenvalue weighted by molar-refractivity contribution is 1.14. The minimum Gasteiger partial charge on any atom is -0.357 e. The van der Waals surface area contributed by atoms with Crippen LogP contribution in [0, 0.1) is 6.92 Å². The molecule has 4 nitrogen and oxygen atoms in total. The van der Waals surface area contributed by atoms with Crippen LogP contribution in [0.25, 0.3) is 0 Å². The van der Waals surface area contributed by atoms with Gasteiger partial charge in [-0.1, -0.05) is 17.7 Å². The van der Waals surface area contributed by atoms with Crippen LogP contribution in [0.4, 0.5) is 17.5 Å². The number of anilines is 3. The van der Waals surface area contributed by atoms with Gasteiger partial charge in [-0.15, -0.1) is 0 Å². The van der Waals surface area contributed by atoms with E-state index in [1.165, 1.54) is 0 Å². The molecule has 0 atom stereocenters. The number of hydrogen-bond donors (Lipinski definition) is 2. The summed E-state index contributed by atoms with van der Waals surface area (Å²) in [4.78, 5) is 8.40. The second-order valence-electron chi connectivity index (χ2n) is 3.75. The molecular weight excluding hydrogens is 316 g/mol. The fraction of sp³-hybridized carbons (Fsp3) is 0.167. The Morgan fingerprint density at radius 1 is 1.33 bits per heavy atom. The minimum absolute atomic E-state index is 0.545. The van der Waals surface area contributed by atoms with Crippen LogP contribution in [0.5, 0.6) is 0 Å². The monoisotopic (exact) mass is 326 g/mol. The third-order valence-electron chi connectivity index (χ3n) is 2.35. The first kappa shape index (κ1) is 13.1. The van der Waals surface area contributed by atoms with Gasteiger partial charge in [-0.2, -0.15) is 4.98 Å². The Labute approximate surface area is 119 Å². The predicted octanol–water partition coefficient (Wildman–Crippen LogP) is 3.99. The predicted molar refractivity (Wildman–Crippen MR) is 78.8 cm³/mol. The van der Waals surface area contributed by atoms with Crippen molar-refractivity contribution in [3.05, 3.63) is 39.5 Å². The van der Waals surface area contributed by atoms with E-state index in [2.05, 4.69) is 36.5 Å². The van der Waals surface area contributed by atoms with E-state index in [1.54, 1.807) is 13.2 Å². The summed E-state index contributed by atoms with van der Waals surface area (Å²) in [6.45, 7) is 2.00. The molecule has 0 saturated carbocycles. The minimum atomic E-state index is 0.545. The van der Waals surface area contributed by atoms with Gasteiger partial charge in [0, 0.05) is 13.2 Å². The van der Waals surface area contributed by atoms with Crippen LogP contribution in [0.1, 0.15) is 5.56 Å². The van der Waals surface area contributed by atoms with Crippen molar-refractivity contribution in [1.82, 2.24) is 9.97 Å². The number of nitrogens with one attached hydrogen (secondary N) is 2. The molecule has 18 heavy (non-hydrogen) atoms. The van der Waals surface area contributed by atoms with Crippen molar-refractivity contribution in [3.8, 4) is 0 Å². The molecule has 0 spiro atoms. The average Bonchev–Trinajstić information content (AvgIpc) is 2.35. The molecule has 0 fully saturated rings. The average molecular weight is 328 g/mol. The summed E-state index contributed by atoms with van der Waals surface area (Å²) in [6, 6.07) is 5.81. The smallest absolute Gasteiger partial charge is 0.224 e. The molecule has 94 valence electrons. The van der Waals surface area contributed by atoms with Crippen molar-refractivity contribution in [2.45, 2.75) is 6.92 Å². The molecule has 2 aromatic rings. The Kier molecular flexibility index (Phi) is 4.04. The highest BCUT2D eigenvalue weighted by Gasteiger charge is 2.07. The molecule has 1 heterocycles. The van der Waals surface area contributed by atoms with Gasteiger partial charge in [0.05, 0.1) is 15.2 Å². The molecule has 0 amide bonds. The topological polar surface area (TPSA) is 49.8 Å². The van der Waals surface area contributed by atoms with Crippen molar-refractivity contribution in [2.24, 2.45) is 0 Å². The van der Waals surface area contributed by atoms with Gasteiger partial charge in [-0.25, -0.2) is 4.98 Å². The highest BCUT2D eigenvalue weighted by Crippen LogP contribution is 2.29. The normalized spacial score (nSPS) is 10.2. The Bertz CT molecular complexity index is 574. The molecule has 1 aromatic heterocycles.